The minimum Gasteiger partial charge on any atom is -0.494 e. The average Bonchev–Trinajstić information content (AvgIpc) is 2.26. The van der Waals surface area contributed by atoms with Crippen LogP contribution in [0.25, 0.3) is 0 Å². The van der Waals surface area contributed by atoms with Crippen LogP contribution in [0.4, 0.5) is 0 Å². The molecular formula is C12H9BrO3. The Balaban J connectivity index is 2.52. The van der Waals surface area contributed by atoms with Gasteiger partial charge in [-0.05, 0) is 41.1 Å². The quantitative estimate of drug-likeness (QED) is 0.837. The fourth-order valence-corrected chi connectivity index (χ4v) is 1.99. The lowest BCUT2D eigenvalue weighted by molar-refractivity contribution is 0.0991. The Morgan fingerprint density at radius 3 is 2.69 bits per heavy atom. The second-order valence-corrected chi connectivity index (χ2v) is 4.18. The fraction of sp³-hybridized carbons (Fsp3) is 0.167. The largest absolute Gasteiger partial charge is 0.494 e. The maximum atomic E-state index is 11.8. The third-order valence-corrected chi connectivity index (χ3v) is 2.88. The molecule has 1 aromatic carbocycles. The molecule has 0 heterocycles. The Bertz CT molecular complexity index is 503. The zero-order valence-corrected chi connectivity index (χ0v) is 10.2. The van der Waals surface area contributed by atoms with E-state index in [-0.39, 0.29) is 11.6 Å². The second kappa shape index (κ2) is 4.22. The zero-order chi connectivity index (χ0) is 11.7. The smallest absolute Gasteiger partial charge is 0.200 e. The van der Waals surface area contributed by atoms with E-state index in [1.54, 1.807) is 18.2 Å². The van der Waals surface area contributed by atoms with E-state index in [0.29, 0.717) is 28.0 Å². The molecule has 0 radical (unpaired) electrons. The van der Waals surface area contributed by atoms with E-state index in [1.165, 1.54) is 6.08 Å². The van der Waals surface area contributed by atoms with Crippen molar-refractivity contribution >= 4 is 27.5 Å². The summed E-state index contributed by atoms with van der Waals surface area (Å²) < 4.78 is 5.58. The summed E-state index contributed by atoms with van der Waals surface area (Å²) in [5.74, 6) is 0.255. The molecule has 0 atom stereocenters. The molecule has 0 spiro atoms. The van der Waals surface area contributed by atoms with Crippen molar-refractivity contribution in [1.29, 1.82) is 0 Å². The van der Waals surface area contributed by atoms with Crippen LogP contribution in [0.1, 0.15) is 27.6 Å². The Hall–Kier alpha value is -1.42. The van der Waals surface area contributed by atoms with Gasteiger partial charge in [-0.1, -0.05) is 0 Å². The number of hydrogen-bond acceptors (Lipinski definition) is 3. The molecule has 1 aliphatic rings. The van der Waals surface area contributed by atoms with Crippen molar-refractivity contribution in [3.05, 3.63) is 39.9 Å². The molecule has 0 bridgehead atoms. The third kappa shape index (κ3) is 1.80. The molecule has 0 aliphatic heterocycles. The van der Waals surface area contributed by atoms with Crippen molar-refractivity contribution in [2.45, 2.75) is 6.92 Å². The summed E-state index contributed by atoms with van der Waals surface area (Å²) in [6.45, 7) is 2.39. The van der Waals surface area contributed by atoms with Gasteiger partial charge in [-0.3, -0.25) is 9.59 Å². The van der Waals surface area contributed by atoms with E-state index in [9.17, 15) is 9.59 Å². The number of carbonyl (C=O) groups excluding carboxylic acids is 2. The number of benzene rings is 1. The predicted octanol–water partition coefficient (Wildman–Crippen LogP) is 2.74. The lowest BCUT2D eigenvalue weighted by Gasteiger charge is -2.13. The molecule has 0 saturated heterocycles. The van der Waals surface area contributed by atoms with Gasteiger partial charge in [0.1, 0.15) is 5.75 Å². The van der Waals surface area contributed by atoms with Crippen LogP contribution in [0.2, 0.25) is 0 Å². The third-order valence-electron chi connectivity index (χ3n) is 2.29. The number of ketones is 2. The Labute approximate surface area is 101 Å². The molecule has 0 saturated carbocycles. The van der Waals surface area contributed by atoms with Crippen LogP contribution in [0, 0.1) is 0 Å². The average molecular weight is 281 g/mol. The number of fused-ring (bicyclic) bond motifs is 1. The molecule has 0 amide bonds. The van der Waals surface area contributed by atoms with Crippen LogP contribution >= 0.6 is 15.9 Å². The van der Waals surface area contributed by atoms with E-state index in [1.807, 2.05) is 6.92 Å². The van der Waals surface area contributed by atoms with Crippen LogP contribution in [-0.4, -0.2) is 18.2 Å². The summed E-state index contributed by atoms with van der Waals surface area (Å²) in [6.07, 6.45) is 1.30. The summed E-state index contributed by atoms with van der Waals surface area (Å²) >= 11 is 3.08. The number of ether oxygens (including phenoxy) is 1. The number of hydrogen-bond donors (Lipinski definition) is 0. The highest BCUT2D eigenvalue weighted by Gasteiger charge is 2.24. The molecule has 0 fully saturated rings. The number of Topliss-reactive ketones (excluding diaryl/α,β-unsaturated/α-hetero) is 1. The van der Waals surface area contributed by atoms with Crippen LogP contribution in [-0.2, 0) is 0 Å². The van der Waals surface area contributed by atoms with Crippen molar-refractivity contribution in [1.82, 2.24) is 0 Å². The minimum absolute atomic E-state index is 0.162. The molecule has 3 nitrogen and oxygen atoms in total. The van der Waals surface area contributed by atoms with Crippen molar-refractivity contribution in [2.75, 3.05) is 6.61 Å². The van der Waals surface area contributed by atoms with Crippen LogP contribution < -0.4 is 4.74 Å². The summed E-state index contributed by atoms with van der Waals surface area (Å²) in [7, 11) is 0. The lowest BCUT2D eigenvalue weighted by Crippen LogP contribution is -2.14. The van der Waals surface area contributed by atoms with E-state index in [4.69, 9.17) is 4.74 Å². The molecule has 0 aromatic heterocycles. The van der Waals surface area contributed by atoms with E-state index in [2.05, 4.69) is 15.9 Å². The highest BCUT2D eigenvalue weighted by Crippen LogP contribution is 2.27. The van der Waals surface area contributed by atoms with Crippen LogP contribution in [0.15, 0.2) is 28.8 Å². The van der Waals surface area contributed by atoms with Crippen molar-refractivity contribution in [2.24, 2.45) is 0 Å². The molecule has 0 N–H and O–H groups in total. The Kier molecular flexibility index (Phi) is 2.92. The molecule has 0 unspecified atom stereocenters. The van der Waals surface area contributed by atoms with Crippen LogP contribution in [0.5, 0.6) is 5.75 Å². The fourth-order valence-electron chi connectivity index (χ4n) is 1.57. The first-order chi connectivity index (χ1) is 7.63. The van der Waals surface area contributed by atoms with Crippen LogP contribution in [0.3, 0.4) is 0 Å². The van der Waals surface area contributed by atoms with Gasteiger partial charge in [0.15, 0.2) is 5.78 Å². The highest BCUT2D eigenvalue weighted by molar-refractivity contribution is 9.12. The Morgan fingerprint density at radius 2 is 2.00 bits per heavy atom. The van der Waals surface area contributed by atoms with Gasteiger partial charge in [0.2, 0.25) is 5.78 Å². The van der Waals surface area contributed by atoms with E-state index in [0.717, 1.165) is 0 Å². The molecule has 1 aliphatic carbocycles. The standard InChI is InChI=1S/C12H9BrO3/c1-2-16-7-3-4-8-9(5-7)12(15)10(13)6-11(8)14/h3-6H,2H2,1H3. The summed E-state index contributed by atoms with van der Waals surface area (Å²) in [6, 6.07) is 4.92. The molecule has 1 aromatic rings. The minimum atomic E-state index is -0.184. The lowest BCUT2D eigenvalue weighted by atomic mass is 9.95. The number of halogens is 1. The van der Waals surface area contributed by atoms with Crippen molar-refractivity contribution < 1.29 is 14.3 Å². The molecular weight excluding hydrogens is 272 g/mol. The summed E-state index contributed by atoms with van der Waals surface area (Å²) in [5, 5.41) is 0. The van der Waals surface area contributed by atoms with Gasteiger partial charge in [0.25, 0.3) is 0 Å². The molecule has 16 heavy (non-hydrogen) atoms. The first-order valence-electron chi connectivity index (χ1n) is 4.86. The summed E-state index contributed by atoms with van der Waals surface area (Å²) in [4.78, 5) is 23.4. The van der Waals surface area contributed by atoms with Gasteiger partial charge in [-0.15, -0.1) is 0 Å². The first-order valence-corrected chi connectivity index (χ1v) is 5.66. The normalized spacial score (nSPS) is 14.5. The summed E-state index contributed by atoms with van der Waals surface area (Å²) in [5.41, 5.74) is 0.821. The van der Waals surface area contributed by atoms with E-state index < -0.39 is 0 Å². The predicted molar refractivity (Wildman–Crippen MR) is 63.3 cm³/mol. The SMILES string of the molecule is CCOc1ccc2c(c1)C(=O)C(Br)=CC2=O. The Morgan fingerprint density at radius 1 is 1.25 bits per heavy atom. The topological polar surface area (TPSA) is 43.4 Å². The van der Waals surface area contributed by atoms with Gasteiger partial charge in [-0.2, -0.15) is 0 Å². The number of carbonyl (C=O) groups is 2. The van der Waals surface area contributed by atoms with Crippen molar-refractivity contribution in [3.63, 3.8) is 0 Å². The maximum absolute atomic E-state index is 11.8. The second-order valence-electron chi connectivity index (χ2n) is 3.33. The number of allylic oxidation sites excluding steroid dienone is 2. The maximum Gasteiger partial charge on any atom is 0.200 e. The van der Waals surface area contributed by atoms with Gasteiger partial charge in [-0.25, -0.2) is 0 Å². The monoisotopic (exact) mass is 280 g/mol. The van der Waals surface area contributed by atoms with Gasteiger partial charge >= 0.3 is 0 Å². The zero-order valence-electron chi connectivity index (χ0n) is 8.62. The van der Waals surface area contributed by atoms with Gasteiger partial charge < -0.3 is 4.74 Å². The number of rotatable bonds is 2. The van der Waals surface area contributed by atoms with E-state index >= 15 is 0 Å². The molecule has 82 valence electrons. The van der Waals surface area contributed by atoms with Crippen molar-refractivity contribution in [3.8, 4) is 5.75 Å². The molecule has 4 heteroatoms. The van der Waals surface area contributed by atoms with Gasteiger partial charge in [0, 0.05) is 17.2 Å². The van der Waals surface area contributed by atoms with Gasteiger partial charge in [0.05, 0.1) is 11.1 Å². The highest BCUT2D eigenvalue weighted by atomic mass is 79.9. The first kappa shape index (κ1) is 11.1. The molecule has 2 rings (SSSR count).